The molecule has 0 aromatic heterocycles. The summed E-state index contributed by atoms with van der Waals surface area (Å²) >= 11 is 3.30. The summed E-state index contributed by atoms with van der Waals surface area (Å²) in [5.41, 5.74) is 6.05. The van der Waals surface area contributed by atoms with Crippen molar-refractivity contribution in [3.8, 4) is 0 Å². The summed E-state index contributed by atoms with van der Waals surface area (Å²) in [5, 5.41) is 0. The van der Waals surface area contributed by atoms with Crippen molar-refractivity contribution in [3.05, 3.63) is 33.8 Å². The lowest BCUT2D eigenvalue weighted by Crippen LogP contribution is -2.20. The van der Waals surface area contributed by atoms with Crippen LogP contribution in [0.1, 0.15) is 42.9 Å². The van der Waals surface area contributed by atoms with Gasteiger partial charge in [0.2, 0.25) is 0 Å². The van der Waals surface area contributed by atoms with Crippen LogP contribution in [0.2, 0.25) is 0 Å². The Morgan fingerprint density at radius 1 is 1.21 bits per heavy atom. The Morgan fingerprint density at radius 2 is 1.79 bits per heavy atom. The van der Waals surface area contributed by atoms with E-state index in [9.17, 15) is 13.2 Å². The van der Waals surface area contributed by atoms with Gasteiger partial charge >= 0.3 is 6.18 Å². The van der Waals surface area contributed by atoms with Gasteiger partial charge in [0.25, 0.3) is 0 Å². The number of nitrogens with two attached hydrogens (primary N) is 1. The summed E-state index contributed by atoms with van der Waals surface area (Å²) in [5.74, 6) is 0.296. The minimum Gasteiger partial charge on any atom is -0.324 e. The molecule has 1 nitrogen and oxygen atoms in total. The van der Waals surface area contributed by atoms with Crippen LogP contribution in [-0.4, -0.2) is 0 Å². The van der Waals surface area contributed by atoms with E-state index in [1.165, 1.54) is 12.1 Å². The number of rotatable bonds is 2. The third kappa shape index (κ3) is 3.86. The molecular formula is C13H16BrClF3N. The summed E-state index contributed by atoms with van der Waals surface area (Å²) in [6.45, 7) is 0. The van der Waals surface area contributed by atoms with Crippen molar-refractivity contribution in [3.63, 3.8) is 0 Å². The van der Waals surface area contributed by atoms with E-state index in [1.807, 2.05) is 0 Å². The summed E-state index contributed by atoms with van der Waals surface area (Å²) in [6.07, 6.45) is -0.0670. The average Bonchev–Trinajstić information content (AvgIpc) is 2.80. The van der Waals surface area contributed by atoms with Crippen LogP contribution >= 0.6 is 28.3 Å². The largest absolute Gasteiger partial charge is 0.416 e. The van der Waals surface area contributed by atoms with Crippen LogP contribution in [-0.2, 0) is 6.18 Å². The van der Waals surface area contributed by atoms with E-state index in [0.717, 1.165) is 31.7 Å². The van der Waals surface area contributed by atoms with Gasteiger partial charge in [-0.15, -0.1) is 12.4 Å². The second-order valence-corrected chi connectivity index (χ2v) is 5.66. The molecule has 0 unspecified atom stereocenters. The van der Waals surface area contributed by atoms with Crippen LogP contribution in [0.5, 0.6) is 0 Å². The predicted molar refractivity (Wildman–Crippen MR) is 75.3 cm³/mol. The molecule has 2 N–H and O–H groups in total. The lowest BCUT2D eigenvalue weighted by Gasteiger charge is -2.21. The number of alkyl halides is 3. The fourth-order valence-corrected chi connectivity index (χ4v) is 3.06. The molecule has 0 bridgehead atoms. The monoisotopic (exact) mass is 357 g/mol. The lowest BCUT2D eigenvalue weighted by molar-refractivity contribution is -0.137. The molecule has 2 rings (SSSR count). The minimum absolute atomic E-state index is 0. The SMILES string of the molecule is Cl.N[C@H](c1cc(C(F)(F)F)ccc1Br)C1CCCC1. The summed E-state index contributed by atoms with van der Waals surface area (Å²) in [6, 6.07) is 3.37. The first-order valence-electron chi connectivity index (χ1n) is 6.02. The van der Waals surface area contributed by atoms with E-state index in [0.29, 0.717) is 16.0 Å². The second kappa shape index (κ2) is 6.46. The van der Waals surface area contributed by atoms with Gasteiger partial charge in [-0.25, -0.2) is 0 Å². The molecule has 1 aliphatic carbocycles. The number of hydrogen-bond donors (Lipinski definition) is 1. The summed E-state index contributed by atoms with van der Waals surface area (Å²) in [4.78, 5) is 0. The van der Waals surface area contributed by atoms with Crippen molar-refractivity contribution in [2.45, 2.75) is 37.9 Å². The highest BCUT2D eigenvalue weighted by molar-refractivity contribution is 9.10. The standard InChI is InChI=1S/C13H15BrF3N.ClH/c14-11-6-5-9(13(15,16)17)7-10(11)12(18)8-3-1-2-4-8;/h5-8,12H,1-4,18H2;1H/t12-;/m0./s1. The molecule has 0 radical (unpaired) electrons. The molecular weight excluding hydrogens is 343 g/mol. The molecule has 1 aromatic carbocycles. The topological polar surface area (TPSA) is 26.0 Å². The zero-order chi connectivity index (χ0) is 13.3. The third-order valence-corrected chi connectivity index (χ3v) is 4.31. The van der Waals surface area contributed by atoms with Gasteiger partial charge in [-0.3, -0.25) is 0 Å². The normalized spacial score (nSPS) is 18.2. The maximum Gasteiger partial charge on any atom is 0.416 e. The van der Waals surface area contributed by atoms with E-state index in [2.05, 4.69) is 15.9 Å². The van der Waals surface area contributed by atoms with E-state index < -0.39 is 11.7 Å². The van der Waals surface area contributed by atoms with Crippen molar-refractivity contribution in [1.82, 2.24) is 0 Å². The fraction of sp³-hybridized carbons (Fsp3) is 0.538. The Morgan fingerprint density at radius 3 is 2.32 bits per heavy atom. The number of halogens is 5. The van der Waals surface area contributed by atoms with Gasteiger partial charge in [-0.05, 0) is 42.5 Å². The molecule has 6 heteroatoms. The number of benzene rings is 1. The molecule has 0 aliphatic heterocycles. The van der Waals surface area contributed by atoms with Gasteiger partial charge in [-0.2, -0.15) is 13.2 Å². The Bertz CT molecular complexity index is 430. The van der Waals surface area contributed by atoms with Crippen LogP contribution < -0.4 is 5.73 Å². The van der Waals surface area contributed by atoms with Crippen molar-refractivity contribution in [2.75, 3.05) is 0 Å². The van der Waals surface area contributed by atoms with Crippen molar-refractivity contribution < 1.29 is 13.2 Å². The smallest absolute Gasteiger partial charge is 0.324 e. The first-order valence-corrected chi connectivity index (χ1v) is 6.81. The Hall–Kier alpha value is -0.260. The minimum atomic E-state index is -4.31. The molecule has 0 heterocycles. The van der Waals surface area contributed by atoms with Crippen LogP contribution in [0.25, 0.3) is 0 Å². The maximum absolute atomic E-state index is 12.7. The Labute approximate surface area is 125 Å². The highest BCUT2D eigenvalue weighted by atomic mass is 79.9. The quantitative estimate of drug-likeness (QED) is 0.784. The van der Waals surface area contributed by atoms with Gasteiger partial charge in [0.15, 0.2) is 0 Å². The molecule has 1 aliphatic rings. The van der Waals surface area contributed by atoms with Crippen molar-refractivity contribution in [2.24, 2.45) is 11.7 Å². The van der Waals surface area contributed by atoms with Crippen LogP contribution in [0, 0.1) is 5.92 Å². The zero-order valence-corrected chi connectivity index (χ0v) is 12.6. The number of hydrogen-bond acceptors (Lipinski definition) is 1. The first kappa shape index (κ1) is 16.8. The van der Waals surface area contributed by atoms with E-state index >= 15 is 0 Å². The second-order valence-electron chi connectivity index (χ2n) is 4.80. The van der Waals surface area contributed by atoms with E-state index in [4.69, 9.17) is 5.73 Å². The average molecular weight is 359 g/mol. The molecule has 1 fully saturated rings. The summed E-state index contributed by atoms with van der Waals surface area (Å²) < 4.78 is 38.7. The van der Waals surface area contributed by atoms with Crippen molar-refractivity contribution in [1.29, 1.82) is 0 Å². The van der Waals surface area contributed by atoms with Crippen LogP contribution in [0.3, 0.4) is 0 Å². The predicted octanol–water partition coefficient (Wildman–Crippen LogP) is 5.08. The van der Waals surface area contributed by atoms with Gasteiger partial charge in [-0.1, -0.05) is 28.8 Å². The van der Waals surface area contributed by atoms with Crippen LogP contribution in [0.15, 0.2) is 22.7 Å². The molecule has 1 atom stereocenters. The zero-order valence-electron chi connectivity index (χ0n) is 10.2. The van der Waals surface area contributed by atoms with Gasteiger partial charge in [0, 0.05) is 10.5 Å². The first-order chi connectivity index (χ1) is 8.39. The maximum atomic E-state index is 12.7. The fourth-order valence-electron chi connectivity index (χ4n) is 2.55. The molecule has 19 heavy (non-hydrogen) atoms. The highest BCUT2D eigenvalue weighted by Crippen LogP contribution is 2.39. The van der Waals surface area contributed by atoms with Gasteiger partial charge < -0.3 is 5.73 Å². The molecule has 1 aromatic rings. The highest BCUT2D eigenvalue weighted by Gasteiger charge is 2.32. The molecule has 0 amide bonds. The van der Waals surface area contributed by atoms with E-state index in [-0.39, 0.29) is 18.4 Å². The molecule has 1 saturated carbocycles. The van der Waals surface area contributed by atoms with E-state index in [1.54, 1.807) is 0 Å². The molecule has 0 spiro atoms. The lowest BCUT2D eigenvalue weighted by atomic mass is 9.91. The Balaban J connectivity index is 0.00000180. The van der Waals surface area contributed by atoms with Gasteiger partial charge in [0.05, 0.1) is 5.56 Å². The molecule has 108 valence electrons. The Kier molecular flexibility index (Phi) is 5.71. The third-order valence-electron chi connectivity index (χ3n) is 3.59. The van der Waals surface area contributed by atoms with Crippen LogP contribution in [0.4, 0.5) is 13.2 Å². The molecule has 0 saturated heterocycles. The van der Waals surface area contributed by atoms with Gasteiger partial charge in [0.1, 0.15) is 0 Å². The summed E-state index contributed by atoms with van der Waals surface area (Å²) in [7, 11) is 0. The van der Waals surface area contributed by atoms with Crippen molar-refractivity contribution >= 4 is 28.3 Å².